The van der Waals surface area contributed by atoms with Gasteiger partial charge in [-0.25, -0.2) is 0 Å². The fourth-order valence-electron chi connectivity index (χ4n) is 6.42. The molecule has 0 rings (SSSR count). The SMILES string of the molecule is CCCCC/C=C\CCCCCCCC(=O)OC(CCCCCCCCCCCCCCCCCC)CCCCCCCC(=O)O. The summed E-state index contributed by atoms with van der Waals surface area (Å²) < 4.78 is 6.01. The fourth-order valence-corrected chi connectivity index (χ4v) is 6.42. The fraction of sp³-hybridized carbons (Fsp3) is 0.905. The van der Waals surface area contributed by atoms with Crippen molar-refractivity contribution < 1.29 is 19.4 Å². The largest absolute Gasteiger partial charge is 0.481 e. The van der Waals surface area contributed by atoms with Crippen LogP contribution in [0.15, 0.2) is 12.2 Å². The van der Waals surface area contributed by atoms with E-state index in [1.807, 2.05) is 0 Å². The van der Waals surface area contributed by atoms with E-state index in [9.17, 15) is 9.59 Å². The summed E-state index contributed by atoms with van der Waals surface area (Å²) in [5.74, 6) is -0.700. The first-order valence-electron chi connectivity index (χ1n) is 20.7. The molecule has 4 nitrogen and oxygen atoms in total. The summed E-state index contributed by atoms with van der Waals surface area (Å²) in [7, 11) is 0. The van der Waals surface area contributed by atoms with Crippen LogP contribution in [0.3, 0.4) is 0 Å². The van der Waals surface area contributed by atoms with E-state index in [1.54, 1.807) is 0 Å². The number of hydrogen-bond donors (Lipinski definition) is 1. The molecule has 0 bridgehead atoms. The van der Waals surface area contributed by atoms with E-state index in [2.05, 4.69) is 26.0 Å². The van der Waals surface area contributed by atoms with Crippen molar-refractivity contribution in [1.29, 1.82) is 0 Å². The first-order chi connectivity index (χ1) is 22.6. The monoisotopic (exact) mass is 649 g/mol. The highest BCUT2D eigenvalue weighted by Crippen LogP contribution is 2.19. The van der Waals surface area contributed by atoms with Crippen LogP contribution in [-0.4, -0.2) is 23.1 Å². The van der Waals surface area contributed by atoms with Crippen LogP contribution in [-0.2, 0) is 14.3 Å². The van der Waals surface area contributed by atoms with Crippen LogP contribution in [0, 0.1) is 0 Å². The second-order valence-corrected chi connectivity index (χ2v) is 14.2. The molecule has 0 saturated heterocycles. The lowest BCUT2D eigenvalue weighted by Gasteiger charge is -2.18. The molecular weight excluding hydrogens is 568 g/mol. The van der Waals surface area contributed by atoms with Gasteiger partial charge in [0.15, 0.2) is 0 Å². The second kappa shape index (κ2) is 38.1. The lowest BCUT2D eigenvalue weighted by Crippen LogP contribution is -2.18. The normalized spacial score (nSPS) is 12.2. The Bertz CT molecular complexity index is 658. The van der Waals surface area contributed by atoms with Gasteiger partial charge in [0.2, 0.25) is 0 Å². The summed E-state index contributed by atoms with van der Waals surface area (Å²) in [4.78, 5) is 23.4. The number of rotatable bonds is 38. The van der Waals surface area contributed by atoms with Gasteiger partial charge in [-0.15, -0.1) is 0 Å². The zero-order valence-electron chi connectivity index (χ0n) is 31.2. The Balaban J connectivity index is 4.01. The van der Waals surface area contributed by atoms with Crippen LogP contribution in [0.4, 0.5) is 0 Å². The Morgan fingerprint density at radius 1 is 0.457 bits per heavy atom. The van der Waals surface area contributed by atoms with E-state index in [1.165, 1.54) is 148 Å². The number of carboxylic acids is 1. The minimum Gasteiger partial charge on any atom is -0.481 e. The Labute approximate surface area is 287 Å². The molecule has 0 heterocycles. The first-order valence-corrected chi connectivity index (χ1v) is 20.7. The maximum atomic E-state index is 12.7. The average molecular weight is 649 g/mol. The third-order valence-electron chi connectivity index (χ3n) is 9.49. The molecule has 0 spiro atoms. The third kappa shape index (κ3) is 37.1. The lowest BCUT2D eigenvalue weighted by atomic mass is 10.0. The smallest absolute Gasteiger partial charge is 0.306 e. The third-order valence-corrected chi connectivity index (χ3v) is 9.49. The Morgan fingerprint density at radius 2 is 0.783 bits per heavy atom. The molecule has 0 aliphatic carbocycles. The molecule has 46 heavy (non-hydrogen) atoms. The van der Waals surface area contributed by atoms with Crippen molar-refractivity contribution >= 4 is 11.9 Å². The number of hydrogen-bond acceptors (Lipinski definition) is 3. The topological polar surface area (TPSA) is 63.6 Å². The van der Waals surface area contributed by atoms with E-state index < -0.39 is 5.97 Å². The van der Waals surface area contributed by atoms with Crippen LogP contribution < -0.4 is 0 Å². The van der Waals surface area contributed by atoms with Gasteiger partial charge < -0.3 is 9.84 Å². The van der Waals surface area contributed by atoms with Crippen LogP contribution in [0.1, 0.15) is 239 Å². The standard InChI is InChI=1S/C42H80O4/c1-3-5-7-9-11-13-15-17-18-19-20-21-23-25-28-32-36-40(37-33-29-27-30-34-38-41(43)44)46-42(45)39-35-31-26-24-22-16-14-12-10-8-6-4-2/h12,14,40H,3-11,13,15-39H2,1-2H3,(H,43,44)/b14-12-. The Kier molecular flexibility index (Phi) is 37.0. The molecule has 1 atom stereocenters. The van der Waals surface area contributed by atoms with E-state index in [0.29, 0.717) is 6.42 Å². The molecule has 0 aromatic heterocycles. The Morgan fingerprint density at radius 3 is 1.22 bits per heavy atom. The van der Waals surface area contributed by atoms with Gasteiger partial charge >= 0.3 is 11.9 Å². The molecule has 4 heteroatoms. The van der Waals surface area contributed by atoms with Crippen molar-refractivity contribution in [2.45, 2.75) is 245 Å². The average Bonchev–Trinajstić information content (AvgIpc) is 3.04. The van der Waals surface area contributed by atoms with E-state index in [0.717, 1.165) is 64.2 Å². The quantitative estimate of drug-likeness (QED) is 0.0411. The summed E-state index contributed by atoms with van der Waals surface area (Å²) in [6.45, 7) is 4.54. The zero-order valence-corrected chi connectivity index (χ0v) is 31.2. The predicted molar refractivity (Wildman–Crippen MR) is 200 cm³/mol. The number of carboxylic acid groups (broad SMARTS) is 1. The lowest BCUT2D eigenvalue weighted by molar-refractivity contribution is -0.150. The number of ether oxygens (including phenoxy) is 1. The van der Waals surface area contributed by atoms with Crippen molar-refractivity contribution in [3.05, 3.63) is 12.2 Å². The number of esters is 1. The molecule has 272 valence electrons. The maximum Gasteiger partial charge on any atom is 0.306 e. The summed E-state index contributed by atoms with van der Waals surface area (Å²) in [5, 5.41) is 8.82. The molecule has 1 N–H and O–H groups in total. The van der Waals surface area contributed by atoms with Gasteiger partial charge in [0.1, 0.15) is 6.10 Å². The summed E-state index contributed by atoms with van der Waals surface area (Å²) in [6, 6.07) is 0. The number of carbonyl (C=O) groups excluding carboxylic acids is 1. The van der Waals surface area contributed by atoms with Gasteiger partial charge in [-0.2, -0.15) is 0 Å². The summed E-state index contributed by atoms with van der Waals surface area (Å²) >= 11 is 0. The number of allylic oxidation sites excluding steroid dienone is 2. The highest BCUT2D eigenvalue weighted by Gasteiger charge is 2.14. The molecule has 1 unspecified atom stereocenters. The number of aliphatic carboxylic acids is 1. The van der Waals surface area contributed by atoms with Gasteiger partial charge in [0.25, 0.3) is 0 Å². The van der Waals surface area contributed by atoms with Crippen LogP contribution in [0.25, 0.3) is 0 Å². The molecule has 0 fully saturated rings. The van der Waals surface area contributed by atoms with E-state index >= 15 is 0 Å². The first kappa shape index (κ1) is 44.7. The zero-order chi connectivity index (χ0) is 33.6. The maximum absolute atomic E-state index is 12.7. The minimum atomic E-state index is -0.698. The van der Waals surface area contributed by atoms with Crippen molar-refractivity contribution in [3.8, 4) is 0 Å². The summed E-state index contributed by atoms with van der Waals surface area (Å²) in [6.07, 6.45) is 46.6. The van der Waals surface area contributed by atoms with Gasteiger partial charge in [-0.1, -0.05) is 174 Å². The van der Waals surface area contributed by atoms with Crippen molar-refractivity contribution in [1.82, 2.24) is 0 Å². The van der Waals surface area contributed by atoms with Crippen LogP contribution in [0.5, 0.6) is 0 Å². The molecule has 0 amide bonds. The van der Waals surface area contributed by atoms with Gasteiger partial charge in [0, 0.05) is 12.8 Å². The molecular formula is C42H80O4. The van der Waals surface area contributed by atoms with Crippen molar-refractivity contribution in [2.75, 3.05) is 0 Å². The minimum absolute atomic E-state index is 0.00189. The highest BCUT2D eigenvalue weighted by atomic mass is 16.5. The van der Waals surface area contributed by atoms with Crippen molar-refractivity contribution in [3.63, 3.8) is 0 Å². The number of unbranched alkanes of at least 4 members (excludes halogenated alkanes) is 27. The van der Waals surface area contributed by atoms with Crippen LogP contribution in [0.2, 0.25) is 0 Å². The number of carbonyl (C=O) groups is 2. The molecule has 0 aromatic rings. The van der Waals surface area contributed by atoms with E-state index in [4.69, 9.17) is 9.84 Å². The van der Waals surface area contributed by atoms with E-state index in [-0.39, 0.29) is 18.5 Å². The molecule has 0 aliphatic heterocycles. The Hall–Kier alpha value is -1.32. The molecule has 0 saturated carbocycles. The molecule has 0 aliphatic rings. The molecule has 0 radical (unpaired) electrons. The highest BCUT2D eigenvalue weighted by molar-refractivity contribution is 5.69. The van der Waals surface area contributed by atoms with Gasteiger partial charge in [-0.3, -0.25) is 9.59 Å². The van der Waals surface area contributed by atoms with Gasteiger partial charge in [-0.05, 0) is 64.2 Å². The predicted octanol–water partition coefficient (Wildman–Crippen LogP) is 14.2. The second-order valence-electron chi connectivity index (χ2n) is 14.2. The summed E-state index contributed by atoms with van der Waals surface area (Å²) in [5.41, 5.74) is 0. The molecule has 0 aromatic carbocycles. The van der Waals surface area contributed by atoms with Gasteiger partial charge in [0.05, 0.1) is 0 Å². The van der Waals surface area contributed by atoms with Crippen LogP contribution >= 0.6 is 0 Å². The van der Waals surface area contributed by atoms with Crippen molar-refractivity contribution in [2.24, 2.45) is 0 Å².